The van der Waals surface area contributed by atoms with Crippen LogP contribution in [0.3, 0.4) is 0 Å². The van der Waals surface area contributed by atoms with E-state index in [4.69, 9.17) is 9.47 Å². The number of para-hydroxylation sites is 2. The number of carbonyl (C=O) groups excluding carboxylic acids is 1. The van der Waals surface area contributed by atoms with Crippen molar-refractivity contribution in [2.75, 3.05) is 31.8 Å². The van der Waals surface area contributed by atoms with Gasteiger partial charge in [-0.15, -0.1) is 0 Å². The van der Waals surface area contributed by atoms with Crippen LogP contribution in [0.25, 0.3) is 5.69 Å². The zero-order valence-corrected chi connectivity index (χ0v) is 15.6. The summed E-state index contributed by atoms with van der Waals surface area (Å²) in [5.41, 5.74) is 1.81. The van der Waals surface area contributed by atoms with Crippen molar-refractivity contribution < 1.29 is 14.3 Å². The molecule has 2 heterocycles. The van der Waals surface area contributed by atoms with Crippen LogP contribution < -0.4 is 10.1 Å². The van der Waals surface area contributed by atoms with Gasteiger partial charge < -0.3 is 14.8 Å². The van der Waals surface area contributed by atoms with E-state index in [0.29, 0.717) is 17.9 Å². The van der Waals surface area contributed by atoms with Gasteiger partial charge in [0.25, 0.3) is 5.91 Å². The average molecular weight is 361 g/mol. The number of carbonyl (C=O) groups is 1. The lowest BCUT2D eigenvalue weighted by atomic mass is 10.1. The third-order valence-corrected chi connectivity index (χ3v) is 5.55. The fourth-order valence-corrected chi connectivity index (χ4v) is 3.78. The minimum Gasteiger partial charge on any atom is -0.494 e. The number of amides is 1. The van der Waals surface area contributed by atoms with Gasteiger partial charge in [-0.05, 0) is 26.0 Å². The zero-order chi connectivity index (χ0) is 17.9. The van der Waals surface area contributed by atoms with E-state index in [1.807, 2.05) is 49.9 Å². The number of hydrogen-bond donors (Lipinski definition) is 1. The van der Waals surface area contributed by atoms with Gasteiger partial charge >= 0.3 is 0 Å². The van der Waals surface area contributed by atoms with Gasteiger partial charge in [0.15, 0.2) is 0 Å². The molecule has 25 heavy (non-hydrogen) atoms. The van der Waals surface area contributed by atoms with Crippen LogP contribution in [-0.4, -0.2) is 53.1 Å². The van der Waals surface area contributed by atoms with Gasteiger partial charge in [-0.25, -0.2) is 4.68 Å². The van der Waals surface area contributed by atoms with Gasteiger partial charge in [-0.2, -0.15) is 16.9 Å². The second-order valence-electron chi connectivity index (χ2n) is 6.26. The fraction of sp³-hybridized carbons (Fsp3) is 0.444. The number of nitrogens with zero attached hydrogens (tertiary/aromatic N) is 2. The zero-order valence-electron chi connectivity index (χ0n) is 14.7. The lowest BCUT2D eigenvalue weighted by molar-refractivity contribution is -0.00825. The van der Waals surface area contributed by atoms with Crippen LogP contribution in [0, 0.1) is 6.92 Å². The molecule has 6 nitrogen and oxygen atoms in total. The molecule has 0 spiro atoms. The third kappa shape index (κ3) is 3.82. The van der Waals surface area contributed by atoms with Gasteiger partial charge in [-0.1, -0.05) is 12.1 Å². The Morgan fingerprint density at radius 2 is 2.28 bits per heavy atom. The van der Waals surface area contributed by atoms with E-state index in [1.165, 1.54) is 0 Å². The van der Waals surface area contributed by atoms with Gasteiger partial charge in [-0.3, -0.25) is 4.79 Å². The monoisotopic (exact) mass is 361 g/mol. The average Bonchev–Trinajstić information content (AvgIpc) is 3.02. The standard InChI is InChI=1S/C18H23N3O3S/c1-13-14(17(22)19-11-18(2)12-25-9-8-24-18)10-20-21(13)15-6-4-5-7-16(15)23-3/h4-7,10H,8-9,11-12H2,1-3H3,(H,19,22). The predicted molar refractivity (Wildman–Crippen MR) is 98.9 cm³/mol. The van der Waals surface area contributed by atoms with Gasteiger partial charge in [0.1, 0.15) is 11.4 Å². The van der Waals surface area contributed by atoms with E-state index in [1.54, 1.807) is 18.0 Å². The van der Waals surface area contributed by atoms with Crippen molar-refractivity contribution >= 4 is 17.7 Å². The lowest BCUT2D eigenvalue weighted by Gasteiger charge is -2.33. The summed E-state index contributed by atoms with van der Waals surface area (Å²) in [5, 5.41) is 7.35. The summed E-state index contributed by atoms with van der Waals surface area (Å²) in [6.07, 6.45) is 1.59. The van der Waals surface area contributed by atoms with Gasteiger partial charge in [0.2, 0.25) is 0 Å². The molecule has 134 valence electrons. The maximum atomic E-state index is 12.6. The molecule has 1 fully saturated rings. The first-order valence-corrected chi connectivity index (χ1v) is 9.37. The van der Waals surface area contributed by atoms with E-state index in [9.17, 15) is 4.79 Å². The van der Waals surface area contributed by atoms with E-state index in [0.717, 1.165) is 29.5 Å². The van der Waals surface area contributed by atoms with Crippen molar-refractivity contribution in [2.24, 2.45) is 0 Å². The molecule has 1 N–H and O–H groups in total. The first-order valence-electron chi connectivity index (χ1n) is 8.22. The quantitative estimate of drug-likeness (QED) is 0.886. The molecule has 3 rings (SSSR count). The molecular formula is C18H23N3O3S. The number of thioether (sulfide) groups is 1. The highest BCUT2D eigenvalue weighted by molar-refractivity contribution is 7.99. The molecule has 1 aliphatic heterocycles. The number of ether oxygens (including phenoxy) is 2. The first kappa shape index (κ1) is 17.8. The number of rotatable bonds is 5. The van der Waals surface area contributed by atoms with Crippen molar-refractivity contribution in [1.29, 1.82) is 0 Å². The highest BCUT2D eigenvalue weighted by atomic mass is 32.2. The van der Waals surface area contributed by atoms with Crippen molar-refractivity contribution in [2.45, 2.75) is 19.4 Å². The molecule has 0 bridgehead atoms. The normalized spacial score (nSPS) is 20.3. The Bertz CT molecular complexity index is 754. The summed E-state index contributed by atoms with van der Waals surface area (Å²) in [6, 6.07) is 7.60. The third-order valence-electron chi connectivity index (χ3n) is 4.28. The Morgan fingerprint density at radius 3 is 3.00 bits per heavy atom. The van der Waals surface area contributed by atoms with Gasteiger partial charge in [0.05, 0.1) is 36.8 Å². The summed E-state index contributed by atoms with van der Waals surface area (Å²) in [5.74, 6) is 2.46. The van der Waals surface area contributed by atoms with E-state index in [2.05, 4.69) is 10.4 Å². The fourth-order valence-electron chi connectivity index (χ4n) is 2.82. The van der Waals surface area contributed by atoms with Crippen molar-refractivity contribution in [3.63, 3.8) is 0 Å². The Morgan fingerprint density at radius 1 is 1.48 bits per heavy atom. The van der Waals surface area contributed by atoms with Crippen LogP contribution in [0.1, 0.15) is 23.0 Å². The summed E-state index contributed by atoms with van der Waals surface area (Å²) < 4.78 is 12.9. The van der Waals surface area contributed by atoms with Crippen LogP contribution in [0.4, 0.5) is 0 Å². The van der Waals surface area contributed by atoms with Crippen molar-refractivity contribution in [3.05, 3.63) is 41.7 Å². The Kier molecular flexibility index (Phi) is 5.34. The predicted octanol–water partition coefficient (Wildman–Crippen LogP) is 2.44. The molecule has 0 aliphatic carbocycles. The van der Waals surface area contributed by atoms with Crippen molar-refractivity contribution in [3.8, 4) is 11.4 Å². The van der Waals surface area contributed by atoms with Crippen LogP contribution >= 0.6 is 11.8 Å². The number of aromatic nitrogens is 2. The minimum absolute atomic E-state index is 0.140. The summed E-state index contributed by atoms with van der Waals surface area (Å²) >= 11 is 1.85. The maximum Gasteiger partial charge on any atom is 0.254 e. The summed E-state index contributed by atoms with van der Waals surface area (Å²) in [7, 11) is 1.62. The number of hydrogen-bond acceptors (Lipinski definition) is 5. The molecule has 1 aromatic carbocycles. The van der Waals surface area contributed by atoms with Crippen LogP contribution in [0.15, 0.2) is 30.5 Å². The topological polar surface area (TPSA) is 65.4 Å². The van der Waals surface area contributed by atoms with Crippen molar-refractivity contribution in [1.82, 2.24) is 15.1 Å². The number of methoxy groups -OCH3 is 1. The molecule has 1 atom stereocenters. The van der Waals surface area contributed by atoms with Crippen LogP contribution in [-0.2, 0) is 4.74 Å². The maximum absolute atomic E-state index is 12.6. The Balaban J connectivity index is 1.75. The molecule has 0 radical (unpaired) electrons. The molecule has 2 aromatic rings. The molecule has 1 unspecified atom stereocenters. The molecule has 0 saturated carbocycles. The van der Waals surface area contributed by atoms with Crippen LogP contribution in [0.2, 0.25) is 0 Å². The lowest BCUT2D eigenvalue weighted by Crippen LogP contribution is -2.47. The molecule has 7 heteroatoms. The summed E-state index contributed by atoms with van der Waals surface area (Å²) in [6.45, 7) is 5.12. The molecular weight excluding hydrogens is 338 g/mol. The number of nitrogens with one attached hydrogen (secondary N) is 1. The van der Waals surface area contributed by atoms with E-state index < -0.39 is 0 Å². The second-order valence-corrected chi connectivity index (χ2v) is 7.37. The summed E-state index contributed by atoms with van der Waals surface area (Å²) in [4.78, 5) is 12.6. The Hall–Kier alpha value is -1.99. The molecule has 1 aliphatic rings. The SMILES string of the molecule is COc1ccccc1-n1ncc(C(=O)NCC2(C)CSCCO2)c1C. The van der Waals surface area contributed by atoms with Gasteiger partial charge in [0, 0.05) is 18.1 Å². The minimum atomic E-state index is -0.314. The highest BCUT2D eigenvalue weighted by Gasteiger charge is 2.29. The van der Waals surface area contributed by atoms with Crippen LogP contribution in [0.5, 0.6) is 5.75 Å². The number of benzene rings is 1. The largest absolute Gasteiger partial charge is 0.494 e. The molecule has 1 amide bonds. The molecule has 1 aromatic heterocycles. The van der Waals surface area contributed by atoms with E-state index >= 15 is 0 Å². The highest BCUT2D eigenvalue weighted by Crippen LogP contribution is 2.25. The molecule has 1 saturated heterocycles. The van der Waals surface area contributed by atoms with E-state index in [-0.39, 0.29) is 11.5 Å². The second kappa shape index (κ2) is 7.49. The Labute approximate surface area is 151 Å². The smallest absolute Gasteiger partial charge is 0.254 e. The first-order chi connectivity index (χ1) is 12.0.